The second-order valence-corrected chi connectivity index (χ2v) is 3.65. The van der Waals surface area contributed by atoms with Gasteiger partial charge in [0.15, 0.2) is 5.78 Å². The molecule has 0 unspecified atom stereocenters. The van der Waals surface area contributed by atoms with Crippen molar-refractivity contribution in [3.05, 3.63) is 41.6 Å². The van der Waals surface area contributed by atoms with Gasteiger partial charge in [0.05, 0.1) is 0 Å². The maximum atomic E-state index is 10.9. The quantitative estimate of drug-likeness (QED) is 0.741. The van der Waals surface area contributed by atoms with E-state index in [9.17, 15) is 4.79 Å². The molecule has 0 aliphatic carbocycles. The first kappa shape index (κ1) is 9.71. The molecular weight excluding hydrogens is 186 g/mol. The molecule has 1 aromatic heterocycles. The highest BCUT2D eigenvalue weighted by atomic mass is 16.1. The van der Waals surface area contributed by atoms with E-state index in [2.05, 4.69) is 11.1 Å². The van der Waals surface area contributed by atoms with Crippen LogP contribution in [-0.4, -0.2) is 10.8 Å². The van der Waals surface area contributed by atoms with E-state index in [1.165, 1.54) is 0 Å². The molecule has 0 atom stereocenters. The van der Waals surface area contributed by atoms with Gasteiger partial charge < -0.3 is 4.98 Å². The van der Waals surface area contributed by atoms with Crippen molar-refractivity contribution in [2.75, 3.05) is 0 Å². The number of aromatic nitrogens is 1. The van der Waals surface area contributed by atoms with Gasteiger partial charge >= 0.3 is 0 Å². The number of nitrogens with one attached hydrogen (secondary N) is 1. The lowest BCUT2D eigenvalue weighted by Gasteiger charge is -1.91. The van der Waals surface area contributed by atoms with Crippen molar-refractivity contribution in [1.29, 1.82) is 0 Å². The smallest absolute Gasteiger partial charge is 0.152 e. The lowest BCUT2D eigenvalue weighted by molar-refractivity contribution is -0.112. The maximum Gasteiger partial charge on any atom is 0.152 e. The average Bonchev–Trinajstić information content (AvgIpc) is 2.50. The molecule has 0 aliphatic heterocycles. The lowest BCUT2D eigenvalue weighted by Crippen LogP contribution is -1.81. The van der Waals surface area contributed by atoms with Gasteiger partial charge in [0.25, 0.3) is 0 Å². The summed E-state index contributed by atoms with van der Waals surface area (Å²) in [7, 11) is 0. The summed E-state index contributed by atoms with van der Waals surface area (Å²) in [6, 6.07) is 8.09. The number of H-pyrrole nitrogens is 1. The van der Waals surface area contributed by atoms with Crippen LogP contribution in [0.2, 0.25) is 0 Å². The Bertz CT molecular complexity index is 534. The van der Waals surface area contributed by atoms with Gasteiger partial charge in [-0.3, -0.25) is 4.79 Å². The van der Waals surface area contributed by atoms with E-state index in [0.29, 0.717) is 0 Å². The van der Waals surface area contributed by atoms with Gasteiger partial charge in [0, 0.05) is 22.2 Å². The Morgan fingerprint density at radius 2 is 2.07 bits per heavy atom. The molecule has 0 fully saturated rings. The second kappa shape index (κ2) is 3.73. The highest BCUT2D eigenvalue weighted by molar-refractivity contribution is 5.96. The normalized spacial score (nSPS) is 11.3. The lowest BCUT2D eigenvalue weighted by atomic mass is 10.1. The van der Waals surface area contributed by atoms with E-state index < -0.39 is 0 Å². The zero-order valence-electron chi connectivity index (χ0n) is 8.87. The SMILES string of the molecule is CC(=O)C=Cc1c(C)[nH]c2ccccc12. The summed E-state index contributed by atoms with van der Waals surface area (Å²) in [5.41, 5.74) is 3.30. The van der Waals surface area contributed by atoms with E-state index >= 15 is 0 Å². The van der Waals surface area contributed by atoms with Crippen LogP contribution < -0.4 is 0 Å². The number of carbonyl (C=O) groups is 1. The van der Waals surface area contributed by atoms with Crippen LogP contribution in [0.25, 0.3) is 17.0 Å². The fourth-order valence-electron chi connectivity index (χ4n) is 1.71. The highest BCUT2D eigenvalue weighted by Crippen LogP contribution is 2.22. The number of para-hydroxylation sites is 1. The number of rotatable bonds is 2. The van der Waals surface area contributed by atoms with Gasteiger partial charge in [-0.15, -0.1) is 0 Å². The van der Waals surface area contributed by atoms with Crippen LogP contribution in [0.1, 0.15) is 18.2 Å². The van der Waals surface area contributed by atoms with Crippen molar-refractivity contribution >= 4 is 22.8 Å². The predicted octanol–water partition coefficient (Wildman–Crippen LogP) is 3.08. The number of benzene rings is 1. The molecule has 1 N–H and O–H groups in total. The number of hydrogen-bond acceptors (Lipinski definition) is 1. The van der Waals surface area contributed by atoms with Crippen LogP contribution in [-0.2, 0) is 4.79 Å². The van der Waals surface area contributed by atoms with E-state index in [1.54, 1.807) is 13.0 Å². The van der Waals surface area contributed by atoms with Crippen LogP contribution >= 0.6 is 0 Å². The van der Waals surface area contributed by atoms with Gasteiger partial charge in [-0.2, -0.15) is 0 Å². The molecule has 2 rings (SSSR count). The summed E-state index contributed by atoms with van der Waals surface area (Å²) in [4.78, 5) is 14.2. The van der Waals surface area contributed by atoms with Crippen LogP contribution in [0.5, 0.6) is 0 Å². The molecule has 0 aliphatic rings. The predicted molar refractivity (Wildman–Crippen MR) is 62.8 cm³/mol. The minimum absolute atomic E-state index is 0.0691. The Morgan fingerprint density at radius 1 is 1.33 bits per heavy atom. The summed E-state index contributed by atoms with van der Waals surface area (Å²) in [5, 5.41) is 1.16. The van der Waals surface area contributed by atoms with E-state index in [-0.39, 0.29) is 5.78 Å². The zero-order valence-corrected chi connectivity index (χ0v) is 8.87. The van der Waals surface area contributed by atoms with Crippen LogP contribution in [0.4, 0.5) is 0 Å². The highest BCUT2D eigenvalue weighted by Gasteiger charge is 2.03. The van der Waals surface area contributed by atoms with Crippen molar-refractivity contribution in [1.82, 2.24) is 4.98 Å². The molecule has 0 saturated carbocycles. The largest absolute Gasteiger partial charge is 0.358 e. The third-order valence-electron chi connectivity index (χ3n) is 2.43. The molecule has 2 nitrogen and oxygen atoms in total. The third-order valence-corrected chi connectivity index (χ3v) is 2.43. The summed E-state index contributed by atoms with van der Waals surface area (Å²) in [5.74, 6) is 0.0691. The molecule has 15 heavy (non-hydrogen) atoms. The fourth-order valence-corrected chi connectivity index (χ4v) is 1.71. The molecule has 2 aromatic rings. The van der Waals surface area contributed by atoms with Crippen molar-refractivity contribution in [2.24, 2.45) is 0 Å². The topological polar surface area (TPSA) is 32.9 Å². The summed E-state index contributed by atoms with van der Waals surface area (Å²) < 4.78 is 0. The standard InChI is InChI=1S/C13H13NO/c1-9(15)7-8-11-10(2)14-13-6-4-3-5-12(11)13/h3-8,14H,1-2H3. The number of aromatic amines is 1. The Hall–Kier alpha value is -1.83. The first-order chi connectivity index (χ1) is 7.18. The van der Waals surface area contributed by atoms with E-state index in [0.717, 1.165) is 22.2 Å². The molecule has 0 bridgehead atoms. The van der Waals surface area contributed by atoms with Crippen LogP contribution in [0.3, 0.4) is 0 Å². The Labute approximate surface area is 88.6 Å². The van der Waals surface area contributed by atoms with Crippen molar-refractivity contribution < 1.29 is 4.79 Å². The number of fused-ring (bicyclic) bond motifs is 1. The van der Waals surface area contributed by atoms with Gasteiger partial charge in [-0.1, -0.05) is 18.2 Å². The summed E-state index contributed by atoms with van der Waals surface area (Å²) in [6.45, 7) is 3.57. The molecule has 76 valence electrons. The monoisotopic (exact) mass is 199 g/mol. The Morgan fingerprint density at radius 3 is 2.80 bits per heavy atom. The molecule has 1 aromatic carbocycles. The van der Waals surface area contributed by atoms with E-state index in [1.807, 2.05) is 31.2 Å². The van der Waals surface area contributed by atoms with Crippen LogP contribution in [0.15, 0.2) is 30.3 Å². The molecule has 0 radical (unpaired) electrons. The summed E-state index contributed by atoms with van der Waals surface area (Å²) in [6.07, 6.45) is 3.47. The molecule has 0 spiro atoms. The van der Waals surface area contributed by atoms with Gasteiger partial charge in [-0.25, -0.2) is 0 Å². The first-order valence-electron chi connectivity index (χ1n) is 4.94. The Balaban J connectivity index is 2.59. The fraction of sp³-hybridized carbons (Fsp3) is 0.154. The maximum absolute atomic E-state index is 10.9. The number of ketones is 1. The van der Waals surface area contributed by atoms with Crippen molar-refractivity contribution in [3.63, 3.8) is 0 Å². The molecule has 0 amide bonds. The summed E-state index contributed by atoms with van der Waals surface area (Å²) >= 11 is 0. The molecule has 1 heterocycles. The molecular formula is C13H13NO. The first-order valence-corrected chi connectivity index (χ1v) is 4.94. The average molecular weight is 199 g/mol. The number of carbonyl (C=O) groups excluding carboxylic acids is 1. The number of allylic oxidation sites excluding steroid dienone is 1. The Kier molecular flexibility index (Phi) is 2.42. The second-order valence-electron chi connectivity index (χ2n) is 3.65. The molecule has 2 heteroatoms. The number of hydrogen-bond donors (Lipinski definition) is 1. The van der Waals surface area contributed by atoms with Gasteiger partial charge in [-0.05, 0) is 32.1 Å². The molecule has 0 saturated heterocycles. The van der Waals surface area contributed by atoms with Gasteiger partial charge in [0.2, 0.25) is 0 Å². The minimum Gasteiger partial charge on any atom is -0.358 e. The number of aryl methyl sites for hydroxylation is 1. The van der Waals surface area contributed by atoms with E-state index in [4.69, 9.17) is 0 Å². The van der Waals surface area contributed by atoms with Crippen molar-refractivity contribution in [2.45, 2.75) is 13.8 Å². The minimum atomic E-state index is 0.0691. The van der Waals surface area contributed by atoms with Crippen LogP contribution in [0, 0.1) is 6.92 Å². The van der Waals surface area contributed by atoms with Crippen molar-refractivity contribution in [3.8, 4) is 0 Å². The van der Waals surface area contributed by atoms with Gasteiger partial charge in [0.1, 0.15) is 0 Å². The zero-order chi connectivity index (χ0) is 10.8. The third kappa shape index (κ3) is 1.84.